The summed E-state index contributed by atoms with van der Waals surface area (Å²) in [6, 6.07) is 9.90. The molecular weight excluding hydrogens is 276 g/mol. The molecule has 0 spiro atoms. The number of carbonyl (C=O) groups is 1. The molecule has 0 bridgehead atoms. The van der Waals surface area contributed by atoms with E-state index < -0.39 is 0 Å². The van der Waals surface area contributed by atoms with Gasteiger partial charge in [-0.1, -0.05) is 43.7 Å². The minimum atomic E-state index is -0.171. The summed E-state index contributed by atoms with van der Waals surface area (Å²) in [5, 5.41) is 9.88. The minimum Gasteiger partial charge on any atom is -0.321 e. The van der Waals surface area contributed by atoms with Crippen molar-refractivity contribution in [1.82, 2.24) is 15.1 Å². The maximum Gasteiger partial charge on any atom is 0.323 e. The molecule has 118 valence electrons. The molecule has 5 nitrogen and oxygen atoms in total. The molecule has 2 aromatic rings. The van der Waals surface area contributed by atoms with E-state index in [1.807, 2.05) is 13.0 Å². The Hall–Kier alpha value is -2.30. The molecule has 1 aromatic carbocycles. The van der Waals surface area contributed by atoms with Crippen LogP contribution in [0.4, 0.5) is 10.6 Å². The third-order valence-electron chi connectivity index (χ3n) is 3.92. The Kier molecular flexibility index (Phi) is 4.85. The Bertz CT molecular complexity index is 630. The van der Waals surface area contributed by atoms with Crippen molar-refractivity contribution in [2.45, 2.75) is 39.7 Å². The monoisotopic (exact) mass is 300 g/mol. The average molecular weight is 300 g/mol. The van der Waals surface area contributed by atoms with Crippen molar-refractivity contribution >= 4 is 11.8 Å². The third-order valence-corrected chi connectivity index (χ3v) is 3.92. The first-order valence-corrected chi connectivity index (χ1v) is 7.54. The number of hydrogen-bond donors (Lipinski definition) is 2. The molecular formula is C17H24N4O. The lowest BCUT2D eigenvalue weighted by Crippen LogP contribution is -2.33. The SMILES string of the molecule is Cc1ccc(C(C)N(C)C(=O)Nc2cc(C(C)C)[nH]n2)cc1. The zero-order valence-electron chi connectivity index (χ0n) is 13.8. The van der Waals surface area contributed by atoms with Crippen LogP contribution in [0.25, 0.3) is 0 Å². The highest BCUT2D eigenvalue weighted by molar-refractivity contribution is 5.88. The van der Waals surface area contributed by atoms with E-state index in [-0.39, 0.29) is 12.1 Å². The Morgan fingerprint density at radius 2 is 1.86 bits per heavy atom. The van der Waals surface area contributed by atoms with Gasteiger partial charge in [0.25, 0.3) is 0 Å². The number of carbonyl (C=O) groups excluding carboxylic acids is 1. The van der Waals surface area contributed by atoms with Gasteiger partial charge in [-0.05, 0) is 25.3 Å². The lowest BCUT2D eigenvalue weighted by Gasteiger charge is -2.25. The second-order valence-electron chi connectivity index (χ2n) is 5.99. The minimum absolute atomic E-state index is 0.0101. The van der Waals surface area contributed by atoms with Gasteiger partial charge >= 0.3 is 6.03 Å². The fourth-order valence-corrected chi connectivity index (χ4v) is 2.14. The van der Waals surface area contributed by atoms with Crippen molar-refractivity contribution in [3.8, 4) is 0 Å². The van der Waals surface area contributed by atoms with E-state index in [4.69, 9.17) is 0 Å². The van der Waals surface area contributed by atoms with Crippen LogP contribution in [0, 0.1) is 6.92 Å². The zero-order chi connectivity index (χ0) is 16.3. The second kappa shape index (κ2) is 6.64. The van der Waals surface area contributed by atoms with Gasteiger partial charge in [0.15, 0.2) is 5.82 Å². The highest BCUT2D eigenvalue weighted by Gasteiger charge is 2.18. The van der Waals surface area contributed by atoms with Gasteiger partial charge in [-0.3, -0.25) is 10.4 Å². The molecule has 0 aliphatic carbocycles. The number of aromatic nitrogens is 2. The third kappa shape index (κ3) is 3.67. The van der Waals surface area contributed by atoms with Crippen molar-refractivity contribution in [1.29, 1.82) is 0 Å². The Morgan fingerprint density at radius 1 is 1.23 bits per heavy atom. The van der Waals surface area contributed by atoms with Gasteiger partial charge in [0.2, 0.25) is 0 Å². The fourth-order valence-electron chi connectivity index (χ4n) is 2.14. The first kappa shape index (κ1) is 16.1. The molecule has 0 aliphatic heterocycles. The molecule has 1 atom stereocenters. The van der Waals surface area contributed by atoms with Crippen LogP contribution >= 0.6 is 0 Å². The summed E-state index contributed by atoms with van der Waals surface area (Å²) in [6.07, 6.45) is 0. The molecule has 1 heterocycles. The van der Waals surface area contributed by atoms with Crippen LogP contribution in [0.1, 0.15) is 49.6 Å². The summed E-state index contributed by atoms with van der Waals surface area (Å²) in [5.74, 6) is 0.902. The van der Waals surface area contributed by atoms with Gasteiger partial charge in [0.05, 0.1) is 6.04 Å². The van der Waals surface area contributed by atoms with Crippen LogP contribution in [-0.2, 0) is 0 Å². The van der Waals surface area contributed by atoms with Gasteiger partial charge in [-0.2, -0.15) is 5.10 Å². The average Bonchev–Trinajstić information content (AvgIpc) is 2.95. The quantitative estimate of drug-likeness (QED) is 0.894. The molecule has 0 saturated heterocycles. The highest BCUT2D eigenvalue weighted by atomic mass is 16.2. The second-order valence-corrected chi connectivity index (χ2v) is 5.99. The van der Waals surface area contributed by atoms with Crippen LogP contribution in [0.2, 0.25) is 0 Å². The molecule has 2 N–H and O–H groups in total. The van der Waals surface area contributed by atoms with Gasteiger partial charge in [-0.15, -0.1) is 0 Å². The van der Waals surface area contributed by atoms with Gasteiger partial charge in [-0.25, -0.2) is 4.79 Å². The number of amides is 2. The number of anilines is 1. The number of urea groups is 1. The largest absolute Gasteiger partial charge is 0.323 e. The first-order valence-electron chi connectivity index (χ1n) is 7.54. The summed E-state index contributed by atoms with van der Waals surface area (Å²) in [4.78, 5) is 14.0. The zero-order valence-corrected chi connectivity index (χ0v) is 13.8. The van der Waals surface area contributed by atoms with Crippen LogP contribution in [0.15, 0.2) is 30.3 Å². The van der Waals surface area contributed by atoms with E-state index in [1.165, 1.54) is 5.56 Å². The Labute approximate surface area is 131 Å². The number of aromatic amines is 1. The van der Waals surface area contributed by atoms with E-state index in [9.17, 15) is 4.79 Å². The normalized spacial score (nSPS) is 12.3. The van der Waals surface area contributed by atoms with Gasteiger partial charge in [0, 0.05) is 18.8 Å². The maximum absolute atomic E-state index is 12.3. The van der Waals surface area contributed by atoms with Crippen LogP contribution < -0.4 is 5.32 Å². The number of nitrogens with zero attached hydrogens (tertiary/aromatic N) is 2. The Balaban J connectivity index is 2.03. The Morgan fingerprint density at radius 3 is 2.41 bits per heavy atom. The lowest BCUT2D eigenvalue weighted by molar-refractivity contribution is 0.208. The number of aryl methyl sites for hydroxylation is 1. The van der Waals surface area contributed by atoms with E-state index >= 15 is 0 Å². The van der Waals surface area contributed by atoms with Crippen LogP contribution in [0.5, 0.6) is 0 Å². The number of nitrogens with one attached hydrogen (secondary N) is 2. The van der Waals surface area contributed by atoms with Crippen molar-refractivity contribution in [3.05, 3.63) is 47.2 Å². The topological polar surface area (TPSA) is 61.0 Å². The number of hydrogen-bond acceptors (Lipinski definition) is 2. The molecule has 0 aliphatic rings. The smallest absolute Gasteiger partial charge is 0.321 e. The predicted molar refractivity (Wildman–Crippen MR) is 89.1 cm³/mol. The van der Waals surface area contributed by atoms with Gasteiger partial charge in [0.1, 0.15) is 0 Å². The summed E-state index contributed by atoms with van der Waals surface area (Å²) in [6.45, 7) is 8.21. The van der Waals surface area contributed by atoms with Crippen molar-refractivity contribution in [2.75, 3.05) is 12.4 Å². The van der Waals surface area contributed by atoms with Crippen LogP contribution in [0.3, 0.4) is 0 Å². The van der Waals surface area contributed by atoms with E-state index in [0.29, 0.717) is 11.7 Å². The molecule has 0 radical (unpaired) electrons. The lowest BCUT2D eigenvalue weighted by atomic mass is 10.1. The summed E-state index contributed by atoms with van der Waals surface area (Å²) < 4.78 is 0. The predicted octanol–water partition coefficient (Wildman–Crippen LogP) is 4.07. The summed E-state index contributed by atoms with van der Waals surface area (Å²) in [7, 11) is 1.79. The number of rotatable bonds is 4. The molecule has 2 amide bonds. The standard InChI is InChI=1S/C17H24N4O/c1-11(2)15-10-16(20-19-15)18-17(22)21(5)13(4)14-8-6-12(3)7-9-14/h6-11,13H,1-5H3,(H2,18,19,20,22). The van der Waals surface area contributed by atoms with Crippen LogP contribution in [-0.4, -0.2) is 28.2 Å². The molecule has 22 heavy (non-hydrogen) atoms. The van der Waals surface area contributed by atoms with Crippen molar-refractivity contribution < 1.29 is 4.79 Å². The fraction of sp³-hybridized carbons (Fsp3) is 0.412. The van der Waals surface area contributed by atoms with Crippen molar-refractivity contribution in [3.63, 3.8) is 0 Å². The molecule has 0 saturated carbocycles. The highest BCUT2D eigenvalue weighted by Crippen LogP contribution is 2.20. The van der Waals surface area contributed by atoms with Crippen molar-refractivity contribution in [2.24, 2.45) is 0 Å². The van der Waals surface area contributed by atoms with E-state index in [1.54, 1.807) is 11.9 Å². The molecule has 5 heteroatoms. The molecule has 1 unspecified atom stereocenters. The van der Waals surface area contributed by atoms with Gasteiger partial charge < -0.3 is 4.90 Å². The summed E-state index contributed by atoms with van der Waals surface area (Å²) >= 11 is 0. The molecule has 2 rings (SSSR count). The van der Waals surface area contributed by atoms with E-state index in [2.05, 4.69) is 60.6 Å². The molecule has 0 fully saturated rings. The van der Waals surface area contributed by atoms with E-state index in [0.717, 1.165) is 11.3 Å². The maximum atomic E-state index is 12.3. The molecule has 1 aromatic heterocycles. The number of H-pyrrole nitrogens is 1. The first-order chi connectivity index (χ1) is 10.4. The summed E-state index contributed by atoms with van der Waals surface area (Å²) in [5.41, 5.74) is 3.32. The number of benzene rings is 1.